The Balaban J connectivity index is 1.86. The van der Waals surface area contributed by atoms with E-state index in [4.69, 9.17) is 11.6 Å². The molecular weight excluding hydrogens is 386 g/mol. The zero-order valence-corrected chi connectivity index (χ0v) is 16.3. The molecule has 6 nitrogen and oxygen atoms in total. The predicted molar refractivity (Wildman–Crippen MR) is 104 cm³/mol. The number of hydrogen-bond acceptors (Lipinski definition) is 4. The largest absolute Gasteiger partial charge is 0.310 e. The number of nitrogens with zero attached hydrogens (tertiary/aromatic N) is 3. The van der Waals surface area contributed by atoms with Crippen LogP contribution in [0.1, 0.15) is 16.1 Å². The van der Waals surface area contributed by atoms with Gasteiger partial charge in [-0.15, -0.1) is 0 Å². The molecule has 27 heavy (non-hydrogen) atoms. The van der Waals surface area contributed by atoms with E-state index in [1.54, 1.807) is 67.3 Å². The van der Waals surface area contributed by atoms with Crippen LogP contribution >= 0.6 is 11.6 Å². The summed E-state index contributed by atoms with van der Waals surface area (Å²) >= 11 is 6.02. The maximum atomic E-state index is 13.1. The highest BCUT2D eigenvalue weighted by Crippen LogP contribution is 2.39. The lowest BCUT2D eigenvalue weighted by atomic mass is 10.1. The SMILES string of the molecule is CN(C(=O)c1nn(C)c2c1CS(=O)(=O)c1ccccc1-2)c1cccc(Cl)c1. The number of carbonyl (C=O) groups is 1. The van der Waals surface area contributed by atoms with E-state index in [-0.39, 0.29) is 22.2 Å². The zero-order chi connectivity index (χ0) is 19.3. The molecule has 0 saturated heterocycles. The highest BCUT2D eigenvalue weighted by atomic mass is 35.5. The van der Waals surface area contributed by atoms with Crippen molar-refractivity contribution in [2.24, 2.45) is 7.05 Å². The Hall–Kier alpha value is -2.64. The second-order valence-corrected chi connectivity index (χ2v) is 8.79. The van der Waals surface area contributed by atoms with Gasteiger partial charge in [0.25, 0.3) is 5.91 Å². The molecule has 0 unspecified atom stereocenters. The molecule has 0 fully saturated rings. The second kappa shape index (κ2) is 6.21. The fourth-order valence-electron chi connectivity index (χ4n) is 3.38. The van der Waals surface area contributed by atoms with Crippen molar-refractivity contribution in [3.63, 3.8) is 0 Å². The Morgan fingerprint density at radius 1 is 1.19 bits per heavy atom. The van der Waals surface area contributed by atoms with E-state index in [9.17, 15) is 13.2 Å². The molecule has 138 valence electrons. The third-order valence-electron chi connectivity index (χ3n) is 4.66. The predicted octanol–water partition coefficient (Wildman–Crippen LogP) is 3.30. The monoisotopic (exact) mass is 401 g/mol. The Kier molecular flexibility index (Phi) is 4.09. The van der Waals surface area contributed by atoms with E-state index >= 15 is 0 Å². The number of hydrogen-bond donors (Lipinski definition) is 0. The first-order chi connectivity index (χ1) is 12.8. The zero-order valence-electron chi connectivity index (χ0n) is 14.7. The summed E-state index contributed by atoms with van der Waals surface area (Å²) < 4.78 is 27.0. The molecule has 2 aromatic carbocycles. The normalized spacial score (nSPS) is 14.3. The molecule has 0 bridgehead atoms. The molecule has 0 saturated carbocycles. The molecule has 4 rings (SSSR count). The number of amides is 1. The van der Waals surface area contributed by atoms with Crippen LogP contribution in [0.25, 0.3) is 11.3 Å². The molecule has 2 heterocycles. The number of sulfone groups is 1. The number of halogens is 1. The highest BCUT2D eigenvalue weighted by Gasteiger charge is 2.35. The summed E-state index contributed by atoms with van der Waals surface area (Å²) in [4.78, 5) is 14.8. The summed E-state index contributed by atoms with van der Waals surface area (Å²) in [6.07, 6.45) is 0. The van der Waals surface area contributed by atoms with Gasteiger partial charge in [0.05, 0.1) is 16.3 Å². The average molecular weight is 402 g/mol. The number of benzene rings is 2. The van der Waals surface area contributed by atoms with Crippen molar-refractivity contribution in [3.05, 3.63) is 64.8 Å². The Bertz CT molecular complexity index is 1180. The van der Waals surface area contributed by atoms with Gasteiger partial charge in [0, 0.05) is 35.9 Å². The van der Waals surface area contributed by atoms with Crippen LogP contribution in [-0.4, -0.2) is 31.2 Å². The van der Waals surface area contributed by atoms with E-state index in [1.807, 2.05) is 0 Å². The summed E-state index contributed by atoms with van der Waals surface area (Å²) in [6, 6.07) is 13.7. The van der Waals surface area contributed by atoms with Crippen LogP contribution in [0, 0.1) is 0 Å². The van der Waals surface area contributed by atoms with Gasteiger partial charge in [0.15, 0.2) is 15.5 Å². The lowest BCUT2D eigenvalue weighted by Crippen LogP contribution is -2.28. The van der Waals surface area contributed by atoms with Crippen molar-refractivity contribution in [3.8, 4) is 11.3 Å². The van der Waals surface area contributed by atoms with Crippen LogP contribution in [0.4, 0.5) is 5.69 Å². The second-order valence-electron chi connectivity index (χ2n) is 6.40. The van der Waals surface area contributed by atoms with Crippen molar-refractivity contribution >= 4 is 33.0 Å². The van der Waals surface area contributed by atoms with Crippen LogP contribution in [0.5, 0.6) is 0 Å². The molecule has 3 aromatic rings. The van der Waals surface area contributed by atoms with Gasteiger partial charge in [0.1, 0.15) is 0 Å². The fourth-order valence-corrected chi connectivity index (χ4v) is 5.15. The summed E-state index contributed by atoms with van der Waals surface area (Å²) in [5.41, 5.74) is 2.38. The summed E-state index contributed by atoms with van der Waals surface area (Å²) in [5.74, 6) is -0.638. The van der Waals surface area contributed by atoms with Crippen LogP contribution in [0.2, 0.25) is 5.02 Å². The molecule has 0 radical (unpaired) electrons. The molecular formula is C19H16ClN3O3S. The first kappa shape index (κ1) is 17.8. The van der Waals surface area contributed by atoms with E-state index in [2.05, 4.69) is 5.10 Å². The van der Waals surface area contributed by atoms with Gasteiger partial charge in [-0.2, -0.15) is 5.10 Å². The number of carbonyl (C=O) groups excluding carboxylic acids is 1. The minimum absolute atomic E-state index is 0.132. The summed E-state index contributed by atoms with van der Waals surface area (Å²) in [6.45, 7) is 0. The lowest BCUT2D eigenvalue weighted by molar-refractivity contribution is 0.0987. The molecule has 8 heteroatoms. The van der Waals surface area contributed by atoms with Crippen molar-refractivity contribution < 1.29 is 13.2 Å². The molecule has 0 aliphatic carbocycles. The van der Waals surface area contributed by atoms with Crippen LogP contribution in [0.3, 0.4) is 0 Å². The molecule has 0 atom stereocenters. The molecule has 0 spiro atoms. The van der Waals surface area contributed by atoms with Gasteiger partial charge >= 0.3 is 0 Å². The Morgan fingerprint density at radius 2 is 1.93 bits per heavy atom. The number of fused-ring (bicyclic) bond motifs is 3. The van der Waals surface area contributed by atoms with E-state index in [1.165, 1.54) is 4.90 Å². The van der Waals surface area contributed by atoms with E-state index in [0.717, 1.165) is 0 Å². The van der Waals surface area contributed by atoms with E-state index in [0.29, 0.717) is 27.5 Å². The van der Waals surface area contributed by atoms with Gasteiger partial charge < -0.3 is 4.90 Å². The Morgan fingerprint density at radius 3 is 2.67 bits per heavy atom. The molecule has 1 aliphatic heterocycles. The quantitative estimate of drug-likeness (QED) is 0.660. The van der Waals surface area contributed by atoms with Gasteiger partial charge in [-0.1, -0.05) is 35.9 Å². The lowest BCUT2D eigenvalue weighted by Gasteiger charge is -2.20. The first-order valence-corrected chi connectivity index (χ1v) is 10.2. The standard InChI is InChI=1S/C19H16ClN3O3S/c1-22(13-7-5-6-12(20)10-13)19(24)17-15-11-27(25,26)16-9-4-3-8-14(16)18(15)23(2)21-17/h3-10H,11H2,1-2H3. The van der Waals surface area contributed by atoms with Crippen molar-refractivity contribution in [2.45, 2.75) is 10.6 Å². The minimum Gasteiger partial charge on any atom is -0.310 e. The third-order valence-corrected chi connectivity index (χ3v) is 6.59. The first-order valence-electron chi connectivity index (χ1n) is 8.21. The van der Waals surface area contributed by atoms with Crippen LogP contribution in [0.15, 0.2) is 53.4 Å². The topological polar surface area (TPSA) is 72.3 Å². The van der Waals surface area contributed by atoms with Gasteiger partial charge in [-0.3, -0.25) is 9.48 Å². The number of aryl methyl sites for hydroxylation is 1. The van der Waals surface area contributed by atoms with Gasteiger partial charge in [-0.25, -0.2) is 8.42 Å². The summed E-state index contributed by atoms with van der Waals surface area (Å²) in [7, 11) is -0.217. The molecule has 1 aliphatic rings. The number of anilines is 1. The van der Waals surface area contributed by atoms with E-state index < -0.39 is 9.84 Å². The van der Waals surface area contributed by atoms with Crippen molar-refractivity contribution in [2.75, 3.05) is 11.9 Å². The van der Waals surface area contributed by atoms with Gasteiger partial charge in [0.2, 0.25) is 0 Å². The molecule has 0 N–H and O–H groups in total. The summed E-state index contributed by atoms with van der Waals surface area (Å²) in [5, 5.41) is 4.86. The van der Waals surface area contributed by atoms with Crippen molar-refractivity contribution in [1.82, 2.24) is 9.78 Å². The molecule has 1 amide bonds. The smallest absolute Gasteiger partial charge is 0.278 e. The third kappa shape index (κ3) is 2.83. The number of aromatic nitrogens is 2. The van der Waals surface area contributed by atoms with Crippen LogP contribution in [-0.2, 0) is 22.6 Å². The fraction of sp³-hybridized carbons (Fsp3) is 0.158. The molecule has 1 aromatic heterocycles. The average Bonchev–Trinajstić information content (AvgIpc) is 2.96. The maximum absolute atomic E-state index is 13.1. The highest BCUT2D eigenvalue weighted by molar-refractivity contribution is 7.90. The maximum Gasteiger partial charge on any atom is 0.278 e. The Labute approximate surface area is 161 Å². The van der Waals surface area contributed by atoms with Gasteiger partial charge in [-0.05, 0) is 24.3 Å². The minimum atomic E-state index is -3.54. The van der Waals surface area contributed by atoms with Crippen molar-refractivity contribution in [1.29, 1.82) is 0 Å². The number of rotatable bonds is 2. The van der Waals surface area contributed by atoms with Crippen LogP contribution < -0.4 is 4.90 Å².